The van der Waals surface area contributed by atoms with Crippen LogP contribution in [0.3, 0.4) is 0 Å². The third kappa shape index (κ3) is 7.22. The van der Waals surface area contributed by atoms with Crippen molar-refractivity contribution in [3.8, 4) is 0 Å². The maximum atomic E-state index is 11.7. The van der Waals surface area contributed by atoms with Gasteiger partial charge in [0.15, 0.2) is 21.9 Å². The number of anilines is 4. The third-order valence-electron chi connectivity index (χ3n) is 5.17. The van der Waals surface area contributed by atoms with Gasteiger partial charge >= 0.3 is 0 Å². The van der Waals surface area contributed by atoms with Gasteiger partial charge in [0, 0.05) is 31.0 Å². The van der Waals surface area contributed by atoms with Crippen molar-refractivity contribution in [2.45, 2.75) is 24.5 Å². The van der Waals surface area contributed by atoms with Crippen LogP contribution in [0.2, 0.25) is 0 Å². The summed E-state index contributed by atoms with van der Waals surface area (Å²) in [6.07, 6.45) is 1.67. The molecule has 0 spiro atoms. The number of ether oxygens (including phenoxy) is 2. The van der Waals surface area contributed by atoms with Crippen molar-refractivity contribution in [2.24, 2.45) is 5.10 Å². The van der Waals surface area contributed by atoms with E-state index in [1.165, 1.54) is 6.26 Å². The van der Waals surface area contributed by atoms with Crippen molar-refractivity contribution < 1.29 is 17.9 Å². The number of rotatable bonds is 10. The molecule has 2 heterocycles. The predicted octanol–water partition coefficient (Wildman–Crippen LogP) is 3.63. The molecule has 0 radical (unpaired) electrons. The van der Waals surface area contributed by atoms with Crippen LogP contribution in [0, 0.1) is 0 Å². The minimum absolute atomic E-state index is 0.204. The van der Waals surface area contributed by atoms with E-state index in [4.69, 9.17) is 9.47 Å². The Bertz CT molecular complexity index is 1260. The van der Waals surface area contributed by atoms with Crippen LogP contribution in [-0.4, -0.2) is 56.4 Å². The molecule has 3 aromatic rings. The number of nitrogens with zero attached hydrogens (tertiary/aromatic N) is 3. The molecule has 0 bridgehead atoms. The molecule has 11 heteroatoms. The molecule has 1 aliphatic heterocycles. The number of para-hydroxylation sites is 1. The van der Waals surface area contributed by atoms with Gasteiger partial charge in [0.2, 0.25) is 5.95 Å². The van der Waals surface area contributed by atoms with Crippen molar-refractivity contribution in [3.63, 3.8) is 0 Å². The highest BCUT2D eigenvalue weighted by Gasteiger charge is 2.15. The fourth-order valence-electron chi connectivity index (χ4n) is 3.34. The molecular weight excluding hydrogens is 468 g/mol. The van der Waals surface area contributed by atoms with E-state index in [2.05, 4.69) is 31.1 Å². The van der Waals surface area contributed by atoms with Crippen molar-refractivity contribution in [1.29, 1.82) is 0 Å². The normalized spacial score (nSPS) is 14.6. The van der Waals surface area contributed by atoms with E-state index < -0.39 is 9.84 Å². The van der Waals surface area contributed by atoms with E-state index >= 15 is 0 Å². The molecule has 1 fully saturated rings. The molecule has 2 aromatic carbocycles. The number of hydrazone groups is 1. The van der Waals surface area contributed by atoms with Crippen molar-refractivity contribution >= 4 is 38.8 Å². The molecule has 35 heavy (non-hydrogen) atoms. The lowest BCUT2D eigenvalue weighted by Crippen LogP contribution is -2.15. The number of nitrogens with one attached hydrogen (secondary N) is 3. The van der Waals surface area contributed by atoms with Crippen LogP contribution in [0.5, 0.6) is 0 Å². The average molecular weight is 497 g/mol. The molecule has 0 unspecified atom stereocenters. The Kier molecular flexibility index (Phi) is 7.91. The first-order valence-corrected chi connectivity index (χ1v) is 13.0. The molecule has 1 aromatic heterocycles. The van der Waals surface area contributed by atoms with Gasteiger partial charge in [-0.1, -0.05) is 30.3 Å². The van der Waals surface area contributed by atoms with E-state index in [1.54, 1.807) is 30.3 Å². The standard InChI is InChI=1S/C24H28N6O4S/c1-17(18-8-10-20(11-9-18)35(2,31)32)29-30-22-16-21(25-13-12-23-33-14-15-34-23)27-24(28-22)26-19-6-4-3-5-7-19/h3-11,16,23H,12-15H2,1-2H3,(H3,25,26,27,28,30). The lowest BCUT2D eigenvalue weighted by Gasteiger charge is -2.13. The van der Waals surface area contributed by atoms with E-state index in [0.717, 1.165) is 11.3 Å². The third-order valence-corrected chi connectivity index (χ3v) is 6.30. The van der Waals surface area contributed by atoms with E-state index in [9.17, 15) is 8.42 Å². The largest absolute Gasteiger partial charge is 0.370 e. The monoisotopic (exact) mass is 496 g/mol. The van der Waals surface area contributed by atoms with Crippen LogP contribution in [0.1, 0.15) is 18.9 Å². The number of aromatic nitrogens is 2. The molecule has 184 valence electrons. The zero-order chi connectivity index (χ0) is 24.7. The van der Waals surface area contributed by atoms with E-state index in [1.807, 2.05) is 37.3 Å². The Morgan fingerprint density at radius 3 is 2.40 bits per heavy atom. The van der Waals surface area contributed by atoms with Crippen LogP contribution in [-0.2, 0) is 19.3 Å². The quantitative estimate of drug-likeness (QED) is 0.285. The van der Waals surface area contributed by atoms with Gasteiger partial charge in [-0.2, -0.15) is 15.1 Å². The number of hydrogen-bond acceptors (Lipinski definition) is 10. The van der Waals surface area contributed by atoms with Crippen LogP contribution >= 0.6 is 0 Å². The van der Waals surface area contributed by atoms with Gasteiger partial charge in [-0.3, -0.25) is 5.43 Å². The lowest BCUT2D eigenvalue weighted by molar-refractivity contribution is -0.0439. The predicted molar refractivity (Wildman–Crippen MR) is 136 cm³/mol. The van der Waals surface area contributed by atoms with Gasteiger partial charge in [0.05, 0.1) is 23.8 Å². The second-order valence-corrected chi connectivity index (χ2v) is 9.96. The molecule has 1 aliphatic rings. The molecule has 1 saturated heterocycles. The molecule has 0 aliphatic carbocycles. The summed E-state index contributed by atoms with van der Waals surface area (Å²) >= 11 is 0. The summed E-state index contributed by atoms with van der Waals surface area (Å²) in [6, 6.07) is 18.0. The topological polar surface area (TPSA) is 127 Å². The van der Waals surface area contributed by atoms with Crippen LogP contribution in [0.25, 0.3) is 0 Å². The Labute approximate surface area is 204 Å². The van der Waals surface area contributed by atoms with Gasteiger partial charge in [0.25, 0.3) is 0 Å². The van der Waals surface area contributed by atoms with Gasteiger partial charge in [-0.05, 0) is 36.8 Å². The first-order chi connectivity index (χ1) is 16.9. The number of sulfone groups is 1. The smallest absolute Gasteiger partial charge is 0.231 e. The highest BCUT2D eigenvalue weighted by Crippen LogP contribution is 2.19. The number of hydrogen-bond donors (Lipinski definition) is 3. The van der Waals surface area contributed by atoms with Gasteiger partial charge in [-0.15, -0.1) is 0 Å². The zero-order valence-corrected chi connectivity index (χ0v) is 20.4. The van der Waals surface area contributed by atoms with Crippen molar-refractivity contribution in [2.75, 3.05) is 42.1 Å². The highest BCUT2D eigenvalue weighted by atomic mass is 32.2. The lowest BCUT2D eigenvalue weighted by atomic mass is 10.1. The fraction of sp³-hybridized carbons (Fsp3) is 0.292. The summed E-state index contributed by atoms with van der Waals surface area (Å²) in [6.45, 7) is 3.67. The molecule has 10 nitrogen and oxygen atoms in total. The summed E-state index contributed by atoms with van der Waals surface area (Å²) in [7, 11) is -3.25. The summed E-state index contributed by atoms with van der Waals surface area (Å²) in [5.41, 5.74) is 5.29. The minimum atomic E-state index is -3.25. The minimum Gasteiger partial charge on any atom is -0.370 e. The molecule has 0 amide bonds. The van der Waals surface area contributed by atoms with Crippen LogP contribution in [0.15, 0.2) is 70.7 Å². The molecule has 0 atom stereocenters. The maximum absolute atomic E-state index is 11.7. The fourth-order valence-corrected chi connectivity index (χ4v) is 3.97. The van der Waals surface area contributed by atoms with Gasteiger partial charge in [0.1, 0.15) is 5.82 Å². The summed E-state index contributed by atoms with van der Waals surface area (Å²) in [4.78, 5) is 9.33. The molecule has 3 N–H and O–H groups in total. The molecule has 0 saturated carbocycles. The highest BCUT2D eigenvalue weighted by molar-refractivity contribution is 7.90. The van der Waals surface area contributed by atoms with Gasteiger partial charge < -0.3 is 20.1 Å². The molecular formula is C24H28N6O4S. The number of benzene rings is 2. The maximum Gasteiger partial charge on any atom is 0.231 e. The Hall–Kier alpha value is -3.54. The SMILES string of the molecule is CC(=NNc1cc(NCCC2OCCO2)nc(Nc2ccccc2)n1)c1ccc(S(C)(=O)=O)cc1. The van der Waals surface area contributed by atoms with Crippen LogP contribution < -0.4 is 16.1 Å². The van der Waals surface area contributed by atoms with Crippen LogP contribution in [0.4, 0.5) is 23.3 Å². The second kappa shape index (κ2) is 11.3. The average Bonchev–Trinajstić information content (AvgIpc) is 3.36. The Morgan fingerprint density at radius 2 is 1.71 bits per heavy atom. The second-order valence-electron chi connectivity index (χ2n) is 7.95. The van der Waals surface area contributed by atoms with E-state index in [-0.39, 0.29) is 11.2 Å². The summed E-state index contributed by atoms with van der Waals surface area (Å²) < 4.78 is 34.3. The van der Waals surface area contributed by atoms with Gasteiger partial charge in [-0.25, -0.2) is 8.42 Å². The first-order valence-electron chi connectivity index (χ1n) is 11.2. The summed E-state index contributed by atoms with van der Waals surface area (Å²) in [5.74, 6) is 1.51. The summed E-state index contributed by atoms with van der Waals surface area (Å²) in [5, 5.41) is 10.9. The first kappa shape index (κ1) is 24.6. The van der Waals surface area contributed by atoms with E-state index in [0.29, 0.717) is 49.5 Å². The Balaban J connectivity index is 1.49. The zero-order valence-electron chi connectivity index (χ0n) is 19.6. The molecule has 4 rings (SSSR count). The van der Waals surface area contributed by atoms with Crippen molar-refractivity contribution in [1.82, 2.24) is 9.97 Å². The van der Waals surface area contributed by atoms with Crippen molar-refractivity contribution in [3.05, 3.63) is 66.2 Å². The Morgan fingerprint density at radius 1 is 1.03 bits per heavy atom.